The van der Waals surface area contributed by atoms with E-state index in [4.69, 9.17) is 9.47 Å². The summed E-state index contributed by atoms with van der Waals surface area (Å²) in [4.78, 5) is 26.7. The van der Waals surface area contributed by atoms with Crippen molar-refractivity contribution in [2.75, 3.05) is 13.2 Å². The first-order valence-electron chi connectivity index (χ1n) is 12.7. The lowest BCUT2D eigenvalue weighted by atomic mass is 9.84. The minimum Gasteiger partial charge on any atom is -0.445 e. The number of halogens is 7. The topological polar surface area (TPSA) is 67.9 Å². The van der Waals surface area contributed by atoms with Gasteiger partial charge >= 0.3 is 18.4 Å². The second kappa shape index (κ2) is 11.7. The fourth-order valence-corrected chi connectivity index (χ4v) is 5.40. The molecule has 4 rings (SSSR count). The average molecular weight is 589 g/mol. The number of ether oxygens (including phenoxy) is 2. The number of carbonyl (C=O) groups excluding carboxylic acids is 2. The number of benzene rings is 2. The number of nitrogens with one attached hydrogen (secondary N) is 1. The van der Waals surface area contributed by atoms with Gasteiger partial charge in [0, 0.05) is 31.0 Å². The number of rotatable bonds is 7. The van der Waals surface area contributed by atoms with E-state index in [0.29, 0.717) is 17.7 Å². The molecular formula is C28H27F7N2O4. The summed E-state index contributed by atoms with van der Waals surface area (Å²) in [6.07, 6.45) is -11.3. The van der Waals surface area contributed by atoms with E-state index in [1.165, 1.54) is 42.2 Å². The number of fused-ring (bicyclic) bond motifs is 1. The maximum Gasteiger partial charge on any atom is 0.416 e. The van der Waals surface area contributed by atoms with Crippen LogP contribution >= 0.6 is 0 Å². The molecular weight excluding hydrogens is 561 g/mol. The lowest BCUT2D eigenvalue weighted by Crippen LogP contribution is -2.51. The zero-order valence-corrected chi connectivity index (χ0v) is 21.8. The standard InChI is InChI=1S/C28H27F7N2O4/c1-3-8-40-26(39)36-21-12-22-25(16-4-6-20(29)7-5-16)23(14-37(22)24(38)13-21)41-15(2)17-9-18(27(30,31)32)11-19(10-17)28(33,34)35/h3-7,9-11,15,21-23,25H,1,8,12-14H2,2H3,(H,36,39)/t15-,21?,22?,23+,25?/m1/s1. The van der Waals surface area contributed by atoms with Crippen LogP contribution in [-0.4, -0.2) is 48.2 Å². The quantitative estimate of drug-likeness (QED) is 0.301. The summed E-state index contributed by atoms with van der Waals surface area (Å²) in [6.45, 7) is 4.74. The molecule has 3 unspecified atom stereocenters. The summed E-state index contributed by atoms with van der Waals surface area (Å²) in [5.74, 6) is -1.48. The molecule has 0 aliphatic carbocycles. The van der Waals surface area contributed by atoms with Crippen LogP contribution in [0.3, 0.4) is 0 Å². The van der Waals surface area contributed by atoms with E-state index in [9.17, 15) is 40.3 Å². The molecule has 6 nitrogen and oxygen atoms in total. The molecule has 2 saturated heterocycles. The summed E-state index contributed by atoms with van der Waals surface area (Å²) in [5, 5.41) is 2.63. The fraction of sp³-hybridized carbons (Fsp3) is 0.429. The van der Waals surface area contributed by atoms with Crippen LogP contribution in [0.1, 0.15) is 54.0 Å². The summed E-state index contributed by atoms with van der Waals surface area (Å²) >= 11 is 0. The summed E-state index contributed by atoms with van der Waals surface area (Å²) in [6, 6.07) is 5.45. The number of carbonyl (C=O) groups is 2. The first-order valence-corrected chi connectivity index (χ1v) is 12.7. The van der Waals surface area contributed by atoms with E-state index in [0.717, 1.165) is 0 Å². The van der Waals surface area contributed by atoms with Crippen LogP contribution in [0.4, 0.5) is 35.5 Å². The maximum atomic E-state index is 13.7. The van der Waals surface area contributed by atoms with Gasteiger partial charge in [-0.15, -0.1) is 0 Å². The predicted molar refractivity (Wildman–Crippen MR) is 132 cm³/mol. The van der Waals surface area contributed by atoms with Crippen molar-refractivity contribution >= 4 is 12.0 Å². The molecule has 0 bridgehead atoms. The molecule has 2 aliphatic heterocycles. The molecule has 0 aromatic heterocycles. The third kappa shape index (κ3) is 7.00. The van der Waals surface area contributed by atoms with Gasteiger partial charge in [-0.05, 0) is 54.8 Å². The summed E-state index contributed by atoms with van der Waals surface area (Å²) < 4.78 is 105. The van der Waals surface area contributed by atoms with Crippen LogP contribution in [0.15, 0.2) is 55.1 Å². The van der Waals surface area contributed by atoms with Crippen molar-refractivity contribution in [2.45, 2.75) is 62.3 Å². The van der Waals surface area contributed by atoms with Gasteiger partial charge < -0.3 is 19.7 Å². The monoisotopic (exact) mass is 588 g/mol. The number of hydrogen-bond donors (Lipinski definition) is 1. The molecule has 2 aliphatic rings. The van der Waals surface area contributed by atoms with E-state index in [-0.39, 0.29) is 43.5 Å². The molecule has 2 fully saturated rings. The van der Waals surface area contributed by atoms with Gasteiger partial charge in [-0.1, -0.05) is 24.8 Å². The minimum absolute atomic E-state index is 0.00535. The molecule has 1 N–H and O–H groups in total. The molecule has 5 atom stereocenters. The van der Waals surface area contributed by atoms with Gasteiger partial charge in [0.1, 0.15) is 12.4 Å². The highest BCUT2D eigenvalue weighted by Gasteiger charge is 2.50. The lowest BCUT2D eigenvalue weighted by molar-refractivity contribution is -0.143. The van der Waals surface area contributed by atoms with Gasteiger partial charge in [-0.25, -0.2) is 9.18 Å². The molecule has 2 heterocycles. The third-order valence-corrected chi connectivity index (χ3v) is 7.23. The van der Waals surface area contributed by atoms with Crippen molar-refractivity contribution in [1.29, 1.82) is 0 Å². The zero-order chi connectivity index (χ0) is 30.1. The Kier molecular flexibility index (Phi) is 8.67. The van der Waals surface area contributed by atoms with Crippen LogP contribution in [0.25, 0.3) is 0 Å². The minimum atomic E-state index is -5.03. The number of alkyl halides is 6. The van der Waals surface area contributed by atoms with Crippen LogP contribution in [0.2, 0.25) is 0 Å². The number of hydrogen-bond acceptors (Lipinski definition) is 4. The van der Waals surface area contributed by atoms with Gasteiger partial charge in [0.25, 0.3) is 0 Å². The van der Waals surface area contributed by atoms with Crippen LogP contribution in [0.5, 0.6) is 0 Å². The Bertz CT molecular complexity index is 1250. The van der Waals surface area contributed by atoms with E-state index < -0.39 is 65.6 Å². The smallest absolute Gasteiger partial charge is 0.416 e. The van der Waals surface area contributed by atoms with Crippen molar-refractivity contribution in [3.05, 3.63) is 83.2 Å². The number of amides is 2. The molecule has 2 aromatic carbocycles. The third-order valence-electron chi connectivity index (χ3n) is 7.23. The average Bonchev–Trinajstić information content (AvgIpc) is 3.25. The molecule has 0 spiro atoms. The summed E-state index contributed by atoms with van der Waals surface area (Å²) in [5.41, 5.74) is -2.72. The Morgan fingerprint density at radius 1 is 1.10 bits per heavy atom. The number of nitrogens with zero attached hydrogens (tertiary/aromatic N) is 1. The van der Waals surface area contributed by atoms with E-state index in [2.05, 4.69) is 11.9 Å². The van der Waals surface area contributed by atoms with Crippen molar-refractivity contribution in [2.24, 2.45) is 0 Å². The molecule has 41 heavy (non-hydrogen) atoms. The Morgan fingerprint density at radius 3 is 2.27 bits per heavy atom. The molecule has 222 valence electrons. The van der Waals surface area contributed by atoms with Gasteiger partial charge in [0.15, 0.2) is 0 Å². The molecule has 2 aromatic rings. The van der Waals surface area contributed by atoms with Crippen molar-refractivity contribution in [3.8, 4) is 0 Å². The second-order valence-corrected chi connectivity index (χ2v) is 10.0. The Hall–Kier alpha value is -3.61. The number of piperidine rings is 1. The SMILES string of the molecule is C=CCOC(=O)NC1CC(=O)N2C[C@H](O[C@H](C)c3cc(C(F)(F)F)cc(C(F)(F)F)c3)C(c3ccc(F)cc3)C2C1. The fourth-order valence-electron chi connectivity index (χ4n) is 5.40. The first-order chi connectivity index (χ1) is 19.2. The number of alkyl carbamates (subject to hydrolysis) is 1. The molecule has 0 radical (unpaired) electrons. The van der Waals surface area contributed by atoms with Crippen LogP contribution in [0, 0.1) is 5.82 Å². The zero-order valence-electron chi connectivity index (χ0n) is 21.8. The highest BCUT2D eigenvalue weighted by molar-refractivity contribution is 5.80. The highest BCUT2D eigenvalue weighted by Crippen LogP contribution is 2.44. The van der Waals surface area contributed by atoms with Crippen molar-refractivity contribution in [1.82, 2.24) is 10.2 Å². The highest BCUT2D eigenvalue weighted by atomic mass is 19.4. The first kappa shape index (κ1) is 30.4. The van der Waals surface area contributed by atoms with E-state index in [1.54, 1.807) is 0 Å². The Balaban J connectivity index is 1.64. The predicted octanol–water partition coefficient (Wildman–Crippen LogP) is 6.38. The van der Waals surface area contributed by atoms with Gasteiger partial charge in [-0.2, -0.15) is 26.3 Å². The van der Waals surface area contributed by atoms with Gasteiger partial charge in [0.05, 0.1) is 23.3 Å². The van der Waals surface area contributed by atoms with Gasteiger partial charge in [-0.3, -0.25) is 4.79 Å². The normalized spacial score (nSPS) is 23.6. The van der Waals surface area contributed by atoms with E-state index >= 15 is 0 Å². The second-order valence-electron chi connectivity index (χ2n) is 10.0. The largest absolute Gasteiger partial charge is 0.445 e. The molecule has 13 heteroatoms. The maximum absolute atomic E-state index is 13.7. The van der Waals surface area contributed by atoms with Crippen LogP contribution < -0.4 is 5.32 Å². The molecule has 0 saturated carbocycles. The van der Waals surface area contributed by atoms with Crippen molar-refractivity contribution < 1.29 is 49.8 Å². The Morgan fingerprint density at radius 2 is 1.71 bits per heavy atom. The molecule has 2 amide bonds. The Labute approximate surface area is 231 Å². The van der Waals surface area contributed by atoms with Crippen molar-refractivity contribution in [3.63, 3.8) is 0 Å². The summed E-state index contributed by atoms with van der Waals surface area (Å²) in [7, 11) is 0. The van der Waals surface area contributed by atoms with Crippen LogP contribution in [-0.2, 0) is 26.6 Å². The van der Waals surface area contributed by atoms with E-state index in [1.807, 2.05) is 0 Å². The van der Waals surface area contributed by atoms with Gasteiger partial charge in [0.2, 0.25) is 5.91 Å². The lowest BCUT2D eigenvalue weighted by Gasteiger charge is -2.37.